The van der Waals surface area contributed by atoms with Gasteiger partial charge in [-0.2, -0.15) is 0 Å². The molecule has 1 aliphatic heterocycles. The third kappa shape index (κ3) is 5.90. The lowest BCUT2D eigenvalue weighted by Gasteiger charge is -2.49. The van der Waals surface area contributed by atoms with Crippen LogP contribution < -0.4 is 0 Å². The van der Waals surface area contributed by atoms with E-state index in [1.54, 1.807) is 36.4 Å². The fraction of sp³-hybridized carbons (Fsp3) is 0.267. The van der Waals surface area contributed by atoms with Crippen molar-refractivity contribution < 1.29 is 89.7 Å². The van der Waals surface area contributed by atoms with Gasteiger partial charge in [0.25, 0.3) is 0 Å². The molecule has 9 aliphatic carbocycles. The molecule has 18 heteroatoms. The van der Waals surface area contributed by atoms with Crippen molar-refractivity contribution in [2.45, 2.75) is 97.5 Å². The number of phenolic OH excluding ortho intramolecular Hbond substituents is 6. The van der Waals surface area contributed by atoms with Gasteiger partial charge >= 0.3 is 0 Å². The Balaban J connectivity index is 0.000000106. The third-order valence-corrected chi connectivity index (χ3v) is 18.0. The summed E-state index contributed by atoms with van der Waals surface area (Å²) in [6, 6.07) is 18.2. The zero-order valence-electron chi connectivity index (χ0n) is 40.6. The molecule has 0 aromatic heterocycles. The smallest absolute Gasteiger partial charge is 0.198 e. The highest BCUT2D eigenvalue weighted by Gasteiger charge is 2.66. The molecule has 0 saturated carbocycles. The lowest BCUT2D eigenvalue weighted by molar-refractivity contribution is -0.0541. The lowest BCUT2D eigenvalue weighted by atomic mass is 9.57. The number of hydrogen-bond donors (Lipinski definition) is 11. The van der Waals surface area contributed by atoms with Crippen molar-refractivity contribution in [3.8, 4) is 67.9 Å². The van der Waals surface area contributed by atoms with E-state index in [-0.39, 0.29) is 135 Å². The fourth-order valence-corrected chi connectivity index (χ4v) is 15.0. The minimum absolute atomic E-state index is 0.00289. The number of carbonyl (C=O) groups is 6. The first kappa shape index (κ1) is 48.0. The molecule has 16 rings (SSSR count). The average molecular weight is 1050 g/mol. The molecule has 1 heterocycles. The van der Waals surface area contributed by atoms with Gasteiger partial charge in [-0.1, -0.05) is 36.4 Å². The molecule has 0 spiro atoms. The van der Waals surface area contributed by atoms with Gasteiger partial charge in [-0.3, -0.25) is 28.8 Å². The highest BCUT2D eigenvalue weighted by molar-refractivity contribution is 6.14. The molecular formula is C60H44O18. The van der Waals surface area contributed by atoms with Gasteiger partial charge in [-0.25, -0.2) is 0 Å². The van der Waals surface area contributed by atoms with Gasteiger partial charge < -0.3 is 60.9 Å². The van der Waals surface area contributed by atoms with E-state index in [1.165, 1.54) is 48.6 Å². The number of fused-ring (bicyclic) bond motifs is 8. The first-order valence-electron chi connectivity index (χ1n) is 25.4. The Morgan fingerprint density at radius 1 is 0.423 bits per heavy atom. The second kappa shape index (κ2) is 15.7. The molecule has 0 bridgehead atoms. The second-order valence-electron chi connectivity index (χ2n) is 21.8. The lowest BCUT2D eigenvalue weighted by Crippen LogP contribution is -2.49. The number of carbonyl (C=O) groups excluding carboxylic acids is 6. The van der Waals surface area contributed by atoms with Gasteiger partial charge in [0.2, 0.25) is 0 Å². The maximum Gasteiger partial charge on any atom is 0.198 e. The summed E-state index contributed by atoms with van der Waals surface area (Å²) in [7, 11) is 0. The van der Waals surface area contributed by atoms with E-state index in [0.29, 0.717) is 61.2 Å². The number of allylic oxidation sites excluding steroid dienone is 1. The number of rotatable bonds is 0. The zero-order valence-corrected chi connectivity index (χ0v) is 40.6. The highest BCUT2D eigenvalue weighted by atomic mass is 16.6. The van der Waals surface area contributed by atoms with Crippen LogP contribution in [0.25, 0.3) is 33.4 Å². The number of benzene rings is 6. The molecule has 10 atom stereocenters. The number of epoxide rings is 1. The minimum Gasteiger partial charge on any atom is -0.507 e. The van der Waals surface area contributed by atoms with Crippen molar-refractivity contribution >= 4 is 34.7 Å². The van der Waals surface area contributed by atoms with Crippen LogP contribution in [0.4, 0.5) is 0 Å². The van der Waals surface area contributed by atoms with Gasteiger partial charge in [0.1, 0.15) is 63.5 Å². The molecule has 10 aliphatic rings. The van der Waals surface area contributed by atoms with Crippen molar-refractivity contribution in [2.24, 2.45) is 0 Å². The molecular weight excluding hydrogens is 1010 g/mol. The molecule has 1 fully saturated rings. The number of ether oxygens (including phenoxy) is 1. The predicted octanol–water partition coefficient (Wildman–Crippen LogP) is 5.71. The monoisotopic (exact) mass is 1050 g/mol. The van der Waals surface area contributed by atoms with Gasteiger partial charge in [0, 0.05) is 60.1 Å². The first-order chi connectivity index (χ1) is 37.1. The van der Waals surface area contributed by atoms with Crippen molar-refractivity contribution in [3.05, 3.63) is 152 Å². The van der Waals surface area contributed by atoms with E-state index in [2.05, 4.69) is 0 Å². The zero-order chi connectivity index (χ0) is 54.7. The summed E-state index contributed by atoms with van der Waals surface area (Å²) in [6.45, 7) is 0. The number of aliphatic hydroxyl groups is 5. The van der Waals surface area contributed by atoms with Gasteiger partial charge in [-0.05, 0) is 111 Å². The molecule has 78 heavy (non-hydrogen) atoms. The van der Waals surface area contributed by atoms with Crippen molar-refractivity contribution in [1.82, 2.24) is 0 Å². The maximum absolute atomic E-state index is 12.7. The summed E-state index contributed by atoms with van der Waals surface area (Å²) in [6.07, 6.45) is -1.06. The normalized spacial score (nSPS) is 29.7. The SMILES string of the molecule is O=C1CC[C@]2(O)c3c(ccc(O)c31)-c1ccc(O)c3c1[C@H]2[C@H]1O[C@H]1C3=O.O=C1C[C@H](O)[C@@H]2c3c(ccc(O)c31)-c1ccc(O)c3c1[C@@]2(O)C=CC3=O.O=C1C[C@H](O)[C@@H]2c3c(ccc(O)c31)-c1ccc(O)c3c1[C@@]2(O)CCC3=O. The standard InChI is InChI=1S/C20H14O6.C20H16O6.C20H14O6/c21-9-4-2-8-7-1-3-10(22)14-12(7)16(18-19(26-18)17(14)24)20(25)6-5-11(23)13(9)15(8)20;2*21-10-3-1-8-9-2-4-11(22)17-12(23)5-6-20(26,18(9)17)19-14(25)7-13(24)16(10)15(8)19/h1-4,16,18-19,21-22,25H,5-6H2;1-4,14,19,21-22,25-26H,5-7H2;1-6,14,19,21-22,25-26H,7H2/t16-,18+,19-,20-;2*14-,19+,20-/m000/s1. The molecule has 0 amide bonds. The number of ketones is 6. The molecule has 392 valence electrons. The summed E-state index contributed by atoms with van der Waals surface area (Å²) in [5, 5.41) is 118. The van der Waals surface area contributed by atoms with E-state index in [0.717, 1.165) is 0 Å². The fourth-order valence-electron chi connectivity index (χ4n) is 15.0. The second-order valence-corrected chi connectivity index (χ2v) is 21.8. The van der Waals surface area contributed by atoms with Crippen LogP contribution in [0.15, 0.2) is 84.9 Å². The van der Waals surface area contributed by atoms with E-state index >= 15 is 0 Å². The molecule has 0 radical (unpaired) electrons. The van der Waals surface area contributed by atoms with E-state index in [9.17, 15) is 84.9 Å². The summed E-state index contributed by atoms with van der Waals surface area (Å²) < 4.78 is 5.59. The topological polar surface area (TPSA) is 337 Å². The maximum atomic E-state index is 12.7. The molecule has 6 aromatic rings. The number of hydrogen-bond acceptors (Lipinski definition) is 18. The molecule has 6 aromatic carbocycles. The van der Waals surface area contributed by atoms with Crippen LogP contribution in [0.3, 0.4) is 0 Å². The molecule has 11 N–H and O–H groups in total. The molecule has 18 nitrogen and oxygen atoms in total. The van der Waals surface area contributed by atoms with Gasteiger partial charge in [-0.15, -0.1) is 0 Å². The number of aliphatic hydroxyl groups excluding tert-OH is 2. The Hall–Kier alpha value is -8.36. The molecule has 0 unspecified atom stereocenters. The van der Waals surface area contributed by atoms with Crippen LogP contribution in [0.5, 0.6) is 34.5 Å². The van der Waals surface area contributed by atoms with Crippen LogP contribution in [-0.2, 0) is 21.5 Å². The Morgan fingerprint density at radius 2 is 0.808 bits per heavy atom. The Labute approximate surface area is 440 Å². The predicted molar refractivity (Wildman–Crippen MR) is 269 cm³/mol. The van der Waals surface area contributed by atoms with Crippen LogP contribution in [0, 0.1) is 0 Å². The van der Waals surface area contributed by atoms with Crippen LogP contribution in [0.2, 0.25) is 0 Å². The third-order valence-electron chi connectivity index (χ3n) is 18.0. The van der Waals surface area contributed by atoms with Crippen molar-refractivity contribution in [2.75, 3.05) is 0 Å². The molecule has 1 saturated heterocycles. The van der Waals surface area contributed by atoms with Crippen molar-refractivity contribution in [3.63, 3.8) is 0 Å². The summed E-state index contributed by atoms with van der Waals surface area (Å²) in [5.41, 5.74) is 1.74. The average Bonchev–Trinajstić information content (AvgIpc) is 4.35. The quantitative estimate of drug-likeness (QED) is 0.0811. The van der Waals surface area contributed by atoms with E-state index in [4.69, 9.17) is 4.74 Å². The summed E-state index contributed by atoms with van der Waals surface area (Å²) >= 11 is 0. The number of Topliss-reactive ketones (excluding diaryl/α,β-unsaturated/α-hetero) is 5. The minimum atomic E-state index is -1.77. The van der Waals surface area contributed by atoms with Crippen molar-refractivity contribution in [1.29, 1.82) is 0 Å². The van der Waals surface area contributed by atoms with Gasteiger partial charge in [0.15, 0.2) is 34.7 Å². The van der Waals surface area contributed by atoms with Crippen LogP contribution >= 0.6 is 0 Å². The largest absolute Gasteiger partial charge is 0.507 e. The first-order valence-corrected chi connectivity index (χ1v) is 25.4. The Morgan fingerprint density at radius 3 is 1.31 bits per heavy atom. The van der Waals surface area contributed by atoms with E-state index < -0.39 is 70.5 Å². The number of phenols is 6. The van der Waals surface area contributed by atoms with Crippen LogP contribution in [0.1, 0.15) is 152 Å². The number of aromatic hydroxyl groups is 6. The summed E-state index contributed by atoms with van der Waals surface area (Å²) in [4.78, 5) is 74.8. The highest BCUT2D eigenvalue weighted by Crippen LogP contribution is 2.65. The van der Waals surface area contributed by atoms with Gasteiger partial charge in [0.05, 0.1) is 45.6 Å². The summed E-state index contributed by atoms with van der Waals surface area (Å²) in [5.74, 6) is -5.36. The van der Waals surface area contributed by atoms with E-state index in [1.807, 2.05) is 0 Å². The Kier molecular flexibility index (Phi) is 9.64. The Bertz CT molecular complexity index is 3860. The van der Waals surface area contributed by atoms with Crippen LogP contribution in [-0.4, -0.2) is 115 Å².